The van der Waals surface area contributed by atoms with E-state index in [1.165, 1.54) is 13.2 Å². The smallest absolute Gasteiger partial charge is 0.267 e. The molecule has 0 unspecified atom stereocenters. The van der Waals surface area contributed by atoms with E-state index >= 15 is 0 Å². The summed E-state index contributed by atoms with van der Waals surface area (Å²) in [5.74, 6) is 0.859. The number of nitrogens with zero attached hydrogens (tertiary/aromatic N) is 4. The maximum absolute atomic E-state index is 12.4. The maximum atomic E-state index is 12.4. The molecule has 3 aromatic rings. The van der Waals surface area contributed by atoms with Crippen LogP contribution in [-0.2, 0) is 11.3 Å². The summed E-state index contributed by atoms with van der Waals surface area (Å²) in [5.41, 5.74) is 2.30. The molecule has 29 heavy (non-hydrogen) atoms. The number of carbonyl (C=O) groups is 1. The second-order valence-corrected chi connectivity index (χ2v) is 6.31. The maximum Gasteiger partial charge on any atom is 0.267 e. The third-order valence-electron chi connectivity index (χ3n) is 4.07. The van der Waals surface area contributed by atoms with Crippen LogP contribution in [-0.4, -0.2) is 39.9 Å². The first-order valence-electron chi connectivity index (χ1n) is 8.82. The Morgan fingerprint density at radius 1 is 1.00 bits per heavy atom. The van der Waals surface area contributed by atoms with Crippen LogP contribution >= 0.6 is 0 Å². The van der Waals surface area contributed by atoms with E-state index in [1.807, 2.05) is 13.8 Å². The lowest BCUT2D eigenvalue weighted by Gasteiger charge is -2.11. The average molecular weight is 395 g/mol. The van der Waals surface area contributed by atoms with E-state index in [1.54, 1.807) is 37.4 Å². The number of benzene rings is 1. The number of hydrogen-bond donors (Lipinski definition) is 1. The Labute approximate surface area is 167 Å². The lowest BCUT2D eigenvalue weighted by atomic mass is 10.1. The second-order valence-electron chi connectivity index (χ2n) is 6.31. The van der Waals surface area contributed by atoms with Gasteiger partial charge in [0.1, 0.15) is 6.54 Å². The molecule has 0 saturated carbocycles. The Morgan fingerprint density at radius 2 is 1.69 bits per heavy atom. The summed E-state index contributed by atoms with van der Waals surface area (Å²) in [6.45, 7) is 3.35. The van der Waals surface area contributed by atoms with Crippen LogP contribution in [0, 0.1) is 13.8 Å². The Balaban J connectivity index is 1.84. The van der Waals surface area contributed by atoms with Gasteiger partial charge < -0.3 is 9.47 Å². The summed E-state index contributed by atoms with van der Waals surface area (Å²) in [7, 11) is 3.09. The van der Waals surface area contributed by atoms with E-state index in [9.17, 15) is 9.59 Å². The van der Waals surface area contributed by atoms with Gasteiger partial charge in [-0.1, -0.05) is 0 Å². The molecular formula is C20H21N5O4. The first-order chi connectivity index (χ1) is 13.9. The van der Waals surface area contributed by atoms with Crippen molar-refractivity contribution in [2.75, 3.05) is 19.5 Å². The molecule has 3 rings (SSSR count). The van der Waals surface area contributed by atoms with Gasteiger partial charge in [0.2, 0.25) is 11.9 Å². The highest BCUT2D eigenvalue weighted by molar-refractivity contribution is 5.88. The number of aryl methyl sites for hydroxylation is 2. The highest BCUT2D eigenvalue weighted by atomic mass is 16.5. The van der Waals surface area contributed by atoms with Crippen LogP contribution in [0.1, 0.15) is 11.4 Å². The monoisotopic (exact) mass is 395 g/mol. The number of nitrogens with one attached hydrogen (secondary N) is 1. The van der Waals surface area contributed by atoms with Gasteiger partial charge in [0.25, 0.3) is 5.56 Å². The largest absolute Gasteiger partial charge is 0.493 e. The molecule has 1 amide bonds. The number of rotatable bonds is 6. The summed E-state index contributed by atoms with van der Waals surface area (Å²) < 4.78 is 11.6. The number of anilines is 1. The molecule has 9 nitrogen and oxygen atoms in total. The first kappa shape index (κ1) is 20.0. The summed E-state index contributed by atoms with van der Waals surface area (Å²) in [6, 6.07) is 10.0. The van der Waals surface area contributed by atoms with Crippen LogP contribution in [0.3, 0.4) is 0 Å². The number of hydrogen-bond acceptors (Lipinski definition) is 7. The van der Waals surface area contributed by atoms with Gasteiger partial charge in [-0.2, -0.15) is 5.10 Å². The Hall–Kier alpha value is -3.75. The molecule has 0 aliphatic heterocycles. The van der Waals surface area contributed by atoms with Gasteiger partial charge in [0, 0.05) is 23.0 Å². The quantitative estimate of drug-likeness (QED) is 0.680. The molecule has 0 atom stereocenters. The lowest BCUT2D eigenvalue weighted by Crippen LogP contribution is -2.29. The zero-order valence-electron chi connectivity index (χ0n) is 16.6. The molecule has 0 fully saturated rings. The minimum Gasteiger partial charge on any atom is -0.493 e. The molecule has 0 radical (unpaired) electrons. The summed E-state index contributed by atoms with van der Waals surface area (Å²) in [4.78, 5) is 32.9. The van der Waals surface area contributed by atoms with Gasteiger partial charge >= 0.3 is 0 Å². The second kappa shape index (κ2) is 8.51. The first-order valence-corrected chi connectivity index (χ1v) is 8.82. The minimum atomic E-state index is -0.450. The molecule has 0 bridgehead atoms. The van der Waals surface area contributed by atoms with Crippen molar-refractivity contribution in [3.63, 3.8) is 0 Å². The highest BCUT2D eigenvalue weighted by Gasteiger charge is 2.12. The van der Waals surface area contributed by atoms with Crippen molar-refractivity contribution in [3.05, 3.63) is 58.1 Å². The van der Waals surface area contributed by atoms with Crippen molar-refractivity contribution < 1.29 is 14.3 Å². The molecular weight excluding hydrogens is 374 g/mol. The van der Waals surface area contributed by atoms with Crippen LogP contribution in [0.2, 0.25) is 0 Å². The zero-order valence-corrected chi connectivity index (χ0v) is 16.6. The molecule has 0 aliphatic rings. The van der Waals surface area contributed by atoms with Gasteiger partial charge in [-0.15, -0.1) is 0 Å². The fraction of sp³-hybridized carbons (Fsp3) is 0.250. The number of methoxy groups -OCH3 is 2. The van der Waals surface area contributed by atoms with Gasteiger partial charge in [-0.3, -0.25) is 14.9 Å². The summed E-state index contributed by atoms with van der Waals surface area (Å²) >= 11 is 0. The highest BCUT2D eigenvalue weighted by Crippen LogP contribution is 2.31. The Kier molecular flexibility index (Phi) is 5.87. The van der Waals surface area contributed by atoms with Crippen LogP contribution in [0.25, 0.3) is 11.3 Å². The number of amides is 1. The van der Waals surface area contributed by atoms with Crippen LogP contribution in [0.4, 0.5) is 5.95 Å². The van der Waals surface area contributed by atoms with Crippen molar-refractivity contribution in [2.24, 2.45) is 0 Å². The normalized spacial score (nSPS) is 10.5. The van der Waals surface area contributed by atoms with E-state index in [0.717, 1.165) is 21.6 Å². The third kappa shape index (κ3) is 4.75. The zero-order chi connectivity index (χ0) is 21.0. The van der Waals surface area contributed by atoms with Gasteiger partial charge in [0.05, 0.1) is 19.9 Å². The molecule has 1 aromatic carbocycles. The van der Waals surface area contributed by atoms with E-state index in [4.69, 9.17) is 9.47 Å². The molecule has 0 saturated heterocycles. The molecule has 0 aliphatic carbocycles. The Morgan fingerprint density at radius 3 is 2.34 bits per heavy atom. The topological polar surface area (TPSA) is 108 Å². The summed E-state index contributed by atoms with van der Waals surface area (Å²) in [5, 5.41) is 6.89. The van der Waals surface area contributed by atoms with E-state index in [-0.39, 0.29) is 12.5 Å². The predicted octanol–water partition coefficient (Wildman–Crippen LogP) is 1.97. The molecule has 9 heteroatoms. The van der Waals surface area contributed by atoms with Crippen molar-refractivity contribution in [3.8, 4) is 22.8 Å². The van der Waals surface area contributed by atoms with Crippen molar-refractivity contribution >= 4 is 11.9 Å². The fourth-order valence-electron chi connectivity index (χ4n) is 2.79. The van der Waals surface area contributed by atoms with Gasteiger partial charge in [0.15, 0.2) is 11.5 Å². The third-order valence-corrected chi connectivity index (χ3v) is 4.07. The molecule has 0 spiro atoms. The summed E-state index contributed by atoms with van der Waals surface area (Å²) in [6.07, 6.45) is 0. The van der Waals surface area contributed by atoms with Crippen molar-refractivity contribution in [2.45, 2.75) is 20.4 Å². The van der Waals surface area contributed by atoms with Crippen molar-refractivity contribution in [1.29, 1.82) is 0 Å². The van der Waals surface area contributed by atoms with Crippen molar-refractivity contribution in [1.82, 2.24) is 19.7 Å². The van der Waals surface area contributed by atoms with E-state index < -0.39 is 11.5 Å². The van der Waals surface area contributed by atoms with Crippen LogP contribution in [0.5, 0.6) is 11.5 Å². The standard InChI is InChI=1S/C20H21N5O4/c1-12-9-13(2)22-20(21-12)23-18(26)11-25-19(27)8-6-15(24-25)14-5-7-16(28-3)17(10-14)29-4/h5-10H,11H2,1-4H3,(H,21,22,23,26). The molecule has 150 valence electrons. The van der Waals surface area contributed by atoms with E-state index in [2.05, 4.69) is 20.4 Å². The SMILES string of the molecule is COc1ccc(-c2ccc(=O)n(CC(=O)Nc3nc(C)cc(C)n3)n2)cc1OC. The average Bonchev–Trinajstić information content (AvgIpc) is 2.68. The van der Waals surface area contributed by atoms with E-state index in [0.29, 0.717) is 17.2 Å². The van der Waals surface area contributed by atoms with Gasteiger partial charge in [-0.05, 0) is 44.2 Å². The lowest BCUT2D eigenvalue weighted by molar-refractivity contribution is -0.117. The fourth-order valence-corrected chi connectivity index (χ4v) is 2.79. The van der Waals surface area contributed by atoms with Crippen LogP contribution in [0.15, 0.2) is 41.2 Å². The molecule has 2 aromatic heterocycles. The predicted molar refractivity (Wildman–Crippen MR) is 107 cm³/mol. The number of carbonyl (C=O) groups excluding carboxylic acids is 1. The molecule has 2 heterocycles. The minimum absolute atomic E-state index is 0.191. The Bertz CT molecular complexity index is 1090. The van der Waals surface area contributed by atoms with Gasteiger partial charge in [-0.25, -0.2) is 14.6 Å². The number of aromatic nitrogens is 4. The molecule has 1 N–H and O–H groups in total. The number of ether oxygens (including phenoxy) is 2. The van der Waals surface area contributed by atoms with Crippen LogP contribution < -0.4 is 20.3 Å².